The summed E-state index contributed by atoms with van der Waals surface area (Å²) in [7, 11) is 1.58. The van der Waals surface area contributed by atoms with Gasteiger partial charge in [0.25, 0.3) is 0 Å². The molecule has 2 N–H and O–H groups in total. The summed E-state index contributed by atoms with van der Waals surface area (Å²) in [6, 6.07) is 10.5. The summed E-state index contributed by atoms with van der Waals surface area (Å²) in [6.45, 7) is 9.67. The van der Waals surface area contributed by atoms with Crippen molar-refractivity contribution in [2.45, 2.75) is 20.4 Å². The van der Waals surface area contributed by atoms with Gasteiger partial charge in [0.05, 0.1) is 37.8 Å². The van der Waals surface area contributed by atoms with Crippen molar-refractivity contribution in [3.8, 4) is 11.5 Å². The van der Waals surface area contributed by atoms with E-state index in [-0.39, 0.29) is 5.75 Å². The van der Waals surface area contributed by atoms with Gasteiger partial charge < -0.3 is 19.6 Å². The summed E-state index contributed by atoms with van der Waals surface area (Å²) < 4.78 is 5.95. The Morgan fingerprint density at radius 2 is 1.92 bits per heavy atom. The van der Waals surface area contributed by atoms with Crippen LogP contribution in [0, 0.1) is 13.8 Å². The molecule has 0 spiro atoms. The highest BCUT2D eigenvalue weighted by atomic mass is 79.9. The summed E-state index contributed by atoms with van der Waals surface area (Å²) in [6.07, 6.45) is 0. The van der Waals surface area contributed by atoms with Gasteiger partial charge in [-0.1, -0.05) is 12.1 Å². The van der Waals surface area contributed by atoms with E-state index in [9.17, 15) is 5.11 Å². The summed E-state index contributed by atoms with van der Waals surface area (Å²) >= 11 is 3.41. The van der Waals surface area contributed by atoms with Crippen molar-refractivity contribution in [3.63, 3.8) is 0 Å². The molecule has 0 amide bonds. The highest BCUT2D eigenvalue weighted by Crippen LogP contribution is 2.35. The van der Waals surface area contributed by atoms with Gasteiger partial charge in [0, 0.05) is 11.3 Å². The zero-order valence-electron chi connectivity index (χ0n) is 15.1. The van der Waals surface area contributed by atoms with Crippen LogP contribution in [0.1, 0.15) is 16.7 Å². The third-order valence-electron chi connectivity index (χ3n) is 5.15. The second-order valence-electron chi connectivity index (χ2n) is 6.76. The Hall–Kier alpha value is -1.72. The lowest BCUT2D eigenvalue weighted by Gasteiger charge is -2.34. The molecule has 134 valence electrons. The Balaban J connectivity index is 1.65. The molecule has 5 heteroatoms. The number of aromatic hydroxyl groups is 1. The van der Waals surface area contributed by atoms with Crippen LogP contribution in [0.2, 0.25) is 0 Å². The molecule has 3 rings (SSSR count). The standard InChI is InChI=1S/C20H25BrN2O2/c1-14-5-4-6-18(15(14)2)23-9-7-22(8-10-23)13-16-11-17(21)20(24)19(12-16)25-3/h4-6,11-12,24H,7-10,13H2,1-3H3/p+1. The molecular weight excluding hydrogens is 380 g/mol. The first kappa shape index (κ1) is 18.1. The van der Waals surface area contributed by atoms with Gasteiger partial charge in [-0.05, 0) is 59.1 Å². The maximum absolute atomic E-state index is 9.95. The number of nitrogens with zero attached hydrogens (tertiary/aromatic N) is 1. The van der Waals surface area contributed by atoms with E-state index in [1.807, 2.05) is 12.1 Å². The number of quaternary nitrogens is 1. The van der Waals surface area contributed by atoms with Crippen LogP contribution in [0.4, 0.5) is 5.69 Å². The maximum atomic E-state index is 9.95. The predicted octanol–water partition coefficient (Wildman–Crippen LogP) is 2.69. The third-order valence-corrected chi connectivity index (χ3v) is 5.75. The molecule has 0 saturated carbocycles. The van der Waals surface area contributed by atoms with Gasteiger partial charge in [0.2, 0.25) is 0 Å². The Morgan fingerprint density at radius 3 is 2.60 bits per heavy atom. The van der Waals surface area contributed by atoms with Crippen LogP contribution in [0.5, 0.6) is 11.5 Å². The van der Waals surface area contributed by atoms with Gasteiger partial charge in [-0.15, -0.1) is 0 Å². The molecule has 1 saturated heterocycles. The first-order chi connectivity index (χ1) is 12.0. The Morgan fingerprint density at radius 1 is 1.20 bits per heavy atom. The molecule has 1 fully saturated rings. The number of halogens is 1. The van der Waals surface area contributed by atoms with Crippen LogP contribution in [-0.4, -0.2) is 38.4 Å². The first-order valence-corrected chi connectivity index (χ1v) is 9.49. The van der Waals surface area contributed by atoms with Crippen molar-refractivity contribution in [1.82, 2.24) is 0 Å². The average molecular weight is 406 g/mol. The number of methoxy groups -OCH3 is 1. The highest BCUT2D eigenvalue weighted by Gasteiger charge is 2.22. The zero-order valence-corrected chi connectivity index (χ0v) is 16.7. The molecule has 25 heavy (non-hydrogen) atoms. The number of phenolic OH excluding ortho intramolecular Hbond substituents is 1. The summed E-state index contributed by atoms with van der Waals surface area (Å²) in [5.74, 6) is 0.693. The van der Waals surface area contributed by atoms with E-state index < -0.39 is 0 Å². The molecule has 1 aliphatic rings. The first-order valence-electron chi connectivity index (χ1n) is 8.69. The van der Waals surface area contributed by atoms with Crippen molar-refractivity contribution in [3.05, 3.63) is 51.5 Å². The SMILES string of the molecule is COc1cc(C[NH+]2CCN(c3cccc(C)c3C)CC2)cc(Br)c1O. The van der Waals surface area contributed by atoms with E-state index in [2.05, 4.69) is 52.9 Å². The lowest BCUT2D eigenvalue weighted by molar-refractivity contribution is -0.914. The molecule has 0 aliphatic carbocycles. The fourth-order valence-corrected chi connectivity index (χ4v) is 3.98. The molecule has 0 bridgehead atoms. The Bertz CT molecular complexity index is 756. The molecule has 0 radical (unpaired) electrons. The van der Waals surface area contributed by atoms with Crippen molar-refractivity contribution in [2.75, 3.05) is 38.2 Å². The minimum absolute atomic E-state index is 0.168. The second-order valence-corrected chi connectivity index (χ2v) is 7.62. The largest absolute Gasteiger partial charge is 0.503 e. The van der Waals surface area contributed by atoms with Crippen LogP contribution < -0.4 is 14.5 Å². The molecule has 0 atom stereocenters. The minimum atomic E-state index is 0.168. The van der Waals surface area contributed by atoms with Crippen LogP contribution >= 0.6 is 15.9 Å². The Kier molecular flexibility index (Phi) is 5.54. The molecule has 2 aromatic carbocycles. The molecule has 1 heterocycles. The summed E-state index contributed by atoms with van der Waals surface area (Å²) in [5, 5.41) is 9.95. The molecule has 1 aliphatic heterocycles. The normalized spacial score (nSPS) is 15.4. The van der Waals surface area contributed by atoms with Crippen LogP contribution in [0.25, 0.3) is 0 Å². The molecular formula is C20H26BrN2O2+. The fourth-order valence-electron chi connectivity index (χ4n) is 3.49. The predicted molar refractivity (Wildman–Crippen MR) is 105 cm³/mol. The maximum Gasteiger partial charge on any atom is 0.172 e. The minimum Gasteiger partial charge on any atom is -0.503 e. The molecule has 0 unspecified atom stereocenters. The van der Waals surface area contributed by atoms with Gasteiger partial charge >= 0.3 is 0 Å². The third kappa shape index (κ3) is 3.93. The molecule has 4 nitrogen and oxygen atoms in total. The topological polar surface area (TPSA) is 37.1 Å². The number of nitrogens with one attached hydrogen (secondary N) is 1. The average Bonchev–Trinajstić information content (AvgIpc) is 2.61. The van der Waals surface area contributed by atoms with Gasteiger partial charge in [-0.2, -0.15) is 0 Å². The van der Waals surface area contributed by atoms with E-state index in [1.54, 1.807) is 12.0 Å². The quantitative estimate of drug-likeness (QED) is 0.820. The van der Waals surface area contributed by atoms with Crippen molar-refractivity contribution in [2.24, 2.45) is 0 Å². The lowest BCUT2D eigenvalue weighted by atomic mass is 10.1. The van der Waals surface area contributed by atoms with Crippen molar-refractivity contribution < 1.29 is 14.7 Å². The van der Waals surface area contributed by atoms with Gasteiger partial charge in [0.15, 0.2) is 11.5 Å². The molecule has 2 aromatic rings. The number of aryl methyl sites for hydroxylation is 1. The van der Waals surface area contributed by atoms with E-state index in [4.69, 9.17) is 4.74 Å². The zero-order chi connectivity index (χ0) is 18.0. The highest BCUT2D eigenvalue weighted by molar-refractivity contribution is 9.10. The van der Waals surface area contributed by atoms with E-state index >= 15 is 0 Å². The summed E-state index contributed by atoms with van der Waals surface area (Å²) in [4.78, 5) is 4.06. The number of rotatable bonds is 4. The van der Waals surface area contributed by atoms with Gasteiger partial charge in [-0.3, -0.25) is 0 Å². The van der Waals surface area contributed by atoms with Crippen molar-refractivity contribution in [1.29, 1.82) is 0 Å². The van der Waals surface area contributed by atoms with Crippen molar-refractivity contribution >= 4 is 21.6 Å². The Labute approximate surface area is 158 Å². The summed E-state index contributed by atoms with van der Waals surface area (Å²) in [5.41, 5.74) is 5.29. The number of anilines is 1. The van der Waals surface area contributed by atoms with Crippen LogP contribution in [0.15, 0.2) is 34.8 Å². The lowest BCUT2D eigenvalue weighted by Crippen LogP contribution is -3.13. The van der Waals surface area contributed by atoms with Gasteiger partial charge in [0.1, 0.15) is 6.54 Å². The molecule has 0 aromatic heterocycles. The van der Waals surface area contributed by atoms with Gasteiger partial charge in [-0.25, -0.2) is 0 Å². The number of benzene rings is 2. The number of phenols is 1. The van der Waals surface area contributed by atoms with E-state index in [1.165, 1.54) is 22.4 Å². The van der Waals surface area contributed by atoms with E-state index in [0.29, 0.717) is 10.2 Å². The second kappa shape index (κ2) is 7.67. The number of hydrogen-bond acceptors (Lipinski definition) is 3. The smallest absolute Gasteiger partial charge is 0.172 e. The van der Waals surface area contributed by atoms with E-state index in [0.717, 1.165) is 32.7 Å². The number of hydrogen-bond donors (Lipinski definition) is 2. The fraction of sp³-hybridized carbons (Fsp3) is 0.400. The number of ether oxygens (including phenoxy) is 1. The number of piperazine rings is 1. The van der Waals surface area contributed by atoms with Crippen LogP contribution in [0.3, 0.4) is 0 Å². The monoisotopic (exact) mass is 405 g/mol. The van der Waals surface area contributed by atoms with Crippen LogP contribution in [-0.2, 0) is 6.54 Å².